The lowest BCUT2D eigenvalue weighted by molar-refractivity contribution is 0.743. The van der Waals surface area contributed by atoms with Gasteiger partial charge in [-0.3, -0.25) is 0 Å². The Balaban J connectivity index is 2.67. The Kier molecular flexibility index (Phi) is 6.20. The van der Waals surface area contributed by atoms with Crippen LogP contribution in [0.5, 0.6) is 0 Å². The molecule has 0 aliphatic carbocycles. The van der Waals surface area contributed by atoms with E-state index in [-0.39, 0.29) is 10.1 Å². The van der Waals surface area contributed by atoms with Crippen molar-refractivity contribution in [2.45, 2.75) is 51.6 Å². The molecule has 4 heteroatoms. The Morgan fingerprint density at radius 1 is 0.577 bits per heavy atom. The van der Waals surface area contributed by atoms with Crippen molar-refractivity contribution in [2.75, 3.05) is 0 Å². The monoisotopic (exact) mass is 418 g/mol. The maximum Gasteiger partial charge on any atom is 0.267 e. The standard InChI is InChI=1S/C22H28Cl2Si2/c1-21(2,3)25(23,19-13-9-7-10-14-19)17-18-26(24,22(4,5)6)20-15-11-8-12-16-20/h7-16H,1-6H3. The van der Waals surface area contributed by atoms with Crippen LogP contribution in [-0.4, -0.2) is 14.8 Å². The first-order valence-corrected chi connectivity index (χ1v) is 15.0. The molecule has 2 aromatic carbocycles. The third-order valence-corrected chi connectivity index (χ3v) is 17.7. The third-order valence-electron chi connectivity index (χ3n) is 4.82. The molecule has 0 spiro atoms. The summed E-state index contributed by atoms with van der Waals surface area (Å²) in [6.45, 7) is 13.1. The maximum absolute atomic E-state index is 7.31. The molecule has 0 radical (unpaired) electrons. The van der Waals surface area contributed by atoms with Gasteiger partial charge in [0.15, 0.2) is 0 Å². The molecule has 0 nitrogen and oxygen atoms in total. The van der Waals surface area contributed by atoms with Crippen LogP contribution in [0, 0.1) is 11.1 Å². The summed E-state index contributed by atoms with van der Waals surface area (Å²) in [7, 11) is -5.17. The van der Waals surface area contributed by atoms with Gasteiger partial charge in [-0.05, 0) is 20.4 Å². The fourth-order valence-corrected chi connectivity index (χ4v) is 9.95. The number of halogens is 2. The minimum Gasteiger partial charge on any atom is -0.143 e. The highest BCUT2D eigenvalue weighted by atomic mass is 35.6. The number of rotatable bonds is 2. The van der Waals surface area contributed by atoms with Gasteiger partial charge >= 0.3 is 0 Å². The van der Waals surface area contributed by atoms with E-state index in [4.69, 9.17) is 22.2 Å². The second kappa shape index (κ2) is 7.56. The van der Waals surface area contributed by atoms with Gasteiger partial charge in [0.2, 0.25) is 0 Å². The summed E-state index contributed by atoms with van der Waals surface area (Å²) in [5.41, 5.74) is 7.16. The molecular weight excluding hydrogens is 391 g/mol. The van der Waals surface area contributed by atoms with Gasteiger partial charge < -0.3 is 0 Å². The van der Waals surface area contributed by atoms with E-state index in [2.05, 4.69) is 76.9 Å². The highest BCUT2D eigenvalue weighted by molar-refractivity contribution is 7.36. The third kappa shape index (κ3) is 4.12. The average molecular weight is 420 g/mol. The van der Waals surface area contributed by atoms with Crippen LogP contribution >= 0.6 is 22.2 Å². The van der Waals surface area contributed by atoms with Gasteiger partial charge in [-0.1, -0.05) is 102 Å². The van der Waals surface area contributed by atoms with E-state index in [1.165, 1.54) is 0 Å². The van der Waals surface area contributed by atoms with Crippen molar-refractivity contribution < 1.29 is 0 Å². The predicted octanol–water partition coefficient (Wildman–Crippen LogP) is 5.85. The van der Waals surface area contributed by atoms with Crippen LogP contribution in [0.1, 0.15) is 41.5 Å². The number of hydrogen-bond acceptors (Lipinski definition) is 0. The Hall–Kier alpha value is -0.986. The highest BCUT2D eigenvalue weighted by Crippen LogP contribution is 2.41. The summed E-state index contributed by atoms with van der Waals surface area (Å²) in [4.78, 5) is 0. The van der Waals surface area contributed by atoms with Crippen molar-refractivity contribution in [3.05, 3.63) is 60.7 Å². The van der Waals surface area contributed by atoms with E-state index in [9.17, 15) is 0 Å². The minimum absolute atomic E-state index is 0.107. The Bertz CT molecular complexity index is 728. The van der Waals surface area contributed by atoms with Crippen molar-refractivity contribution in [2.24, 2.45) is 0 Å². The lowest BCUT2D eigenvalue weighted by Gasteiger charge is -2.36. The van der Waals surface area contributed by atoms with E-state index >= 15 is 0 Å². The molecule has 0 aliphatic heterocycles. The first-order valence-electron chi connectivity index (χ1n) is 8.95. The quantitative estimate of drug-likeness (QED) is 0.325. The molecule has 0 fully saturated rings. The topological polar surface area (TPSA) is 0 Å². The fourth-order valence-electron chi connectivity index (χ4n) is 2.89. The van der Waals surface area contributed by atoms with Gasteiger partial charge in [0.25, 0.3) is 14.8 Å². The Morgan fingerprint density at radius 2 is 0.846 bits per heavy atom. The van der Waals surface area contributed by atoms with Gasteiger partial charge in [-0.25, -0.2) is 0 Å². The normalized spacial score (nSPS) is 16.8. The Morgan fingerprint density at radius 3 is 1.08 bits per heavy atom. The summed E-state index contributed by atoms with van der Waals surface area (Å²) in [6.07, 6.45) is 0. The molecule has 2 aromatic rings. The second-order valence-corrected chi connectivity index (χ2v) is 19.5. The molecule has 0 heterocycles. The fraction of sp³-hybridized carbons (Fsp3) is 0.364. The summed E-state index contributed by atoms with van der Waals surface area (Å²) >= 11 is 14.6. The molecule has 0 amide bonds. The van der Waals surface area contributed by atoms with Crippen LogP contribution in [0.4, 0.5) is 0 Å². The second-order valence-electron chi connectivity index (χ2n) is 8.80. The molecule has 26 heavy (non-hydrogen) atoms. The zero-order chi connectivity index (χ0) is 19.6. The Labute approximate surface area is 170 Å². The molecule has 0 saturated heterocycles. The molecular formula is C22H28Cl2Si2. The lowest BCUT2D eigenvalue weighted by atomic mass is 10.2. The zero-order valence-corrected chi connectivity index (χ0v) is 20.0. The SMILES string of the molecule is CC(C)(C)[Si](Cl)(C#C[Si](Cl)(c1ccccc1)C(C)(C)C)c1ccccc1. The predicted molar refractivity (Wildman–Crippen MR) is 123 cm³/mol. The van der Waals surface area contributed by atoms with Gasteiger partial charge in [0.1, 0.15) is 0 Å². The molecule has 0 aliphatic rings. The zero-order valence-electron chi connectivity index (χ0n) is 16.5. The minimum atomic E-state index is -2.59. The lowest BCUT2D eigenvalue weighted by Crippen LogP contribution is -2.52. The van der Waals surface area contributed by atoms with E-state index in [1.54, 1.807) is 0 Å². The number of hydrogen-bond donors (Lipinski definition) is 0. The molecule has 0 N–H and O–H groups in total. The van der Waals surface area contributed by atoms with Gasteiger partial charge in [0, 0.05) is 0 Å². The molecule has 2 atom stereocenters. The summed E-state index contributed by atoms with van der Waals surface area (Å²) < 4.78 is 0. The summed E-state index contributed by atoms with van der Waals surface area (Å²) in [6, 6.07) is 20.6. The summed E-state index contributed by atoms with van der Waals surface area (Å²) in [5.74, 6) is 0. The van der Waals surface area contributed by atoms with Gasteiger partial charge in [-0.2, -0.15) is 0 Å². The smallest absolute Gasteiger partial charge is 0.143 e. The van der Waals surface area contributed by atoms with Gasteiger partial charge in [-0.15, -0.1) is 33.2 Å². The van der Waals surface area contributed by atoms with Crippen LogP contribution in [-0.2, 0) is 0 Å². The first-order chi connectivity index (χ1) is 11.9. The molecule has 138 valence electrons. The number of benzene rings is 2. The molecule has 0 aromatic heterocycles. The highest BCUT2D eigenvalue weighted by Gasteiger charge is 2.47. The van der Waals surface area contributed by atoms with Crippen LogP contribution in [0.3, 0.4) is 0 Å². The van der Waals surface area contributed by atoms with Crippen molar-refractivity contribution >= 4 is 47.3 Å². The summed E-state index contributed by atoms with van der Waals surface area (Å²) in [5, 5.41) is 2.08. The van der Waals surface area contributed by atoms with E-state index < -0.39 is 14.8 Å². The van der Waals surface area contributed by atoms with Crippen molar-refractivity contribution in [3.8, 4) is 11.1 Å². The molecule has 0 bridgehead atoms. The van der Waals surface area contributed by atoms with Crippen molar-refractivity contribution in [3.63, 3.8) is 0 Å². The van der Waals surface area contributed by atoms with Crippen molar-refractivity contribution in [1.82, 2.24) is 0 Å². The van der Waals surface area contributed by atoms with Gasteiger partial charge in [0.05, 0.1) is 0 Å². The van der Waals surface area contributed by atoms with Crippen LogP contribution in [0.15, 0.2) is 60.7 Å². The van der Waals surface area contributed by atoms with E-state index in [1.807, 2.05) is 36.4 Å². The van der Waals surface area contributed by atoms with Crippen LogP contribution < -0.4 is 10.4 Å². The molecule has 2 rings (SSSR count). The molecule has 2 unspecified atom stereocenters. The average Bonchev–Trinajstić information content (AvgIpc) is 2.59. The van der Waals surface area contributed by atoms with E-state index in [0.717, 1.165) is 10.4 Å². The largest absolute Gasteiger partial charge is 0.267 e. The van der Waals surface area contributed by atoms with Crippen LogP contribution in [0.2, 0.25) is 10.1 Å². The maximum atomic E-state index is 7.31. The van der Waals surface area contributed by atoms with Crippen molar-refractivity contribution in [1.29, 1.82) is 0 Å². The van der Waals surface area contributed by atoms with E-state index in [0.29, 0.717) is 0 Å². The van der Waals surface area contributed by atoms with Crippen LogP contribution in [0.25, 0.3) is 0 Å². The molecule has 0 saturated carbocycles. The first kappa shape index (κ1) is 21.3.